The van der Waals surface area contributed by atoms with E-state index in [9.17, 15) is 18.0 Å². The summed E-state index contributed by atoms with van der Waals surface area (Å²) in [6.45, 7) is 3.14. The first-order valence-electron chi connectivity index (χ1n) is 13.1. The molecule has 1 fully saturated rings. The Balaban J connectivity index is 1.99. The molecular weight excluding hydrogens is 561 g/mol. The van der Waals surface area contributed by atoms with Crippen molar-refractivity contribution in [1.29, 1.82) is 0 Å². The second kappa shape index (κ2) is 13.7. The third kappa shape index (κ3) is 8.25. The minimum Gasteiger partial charge on any atom is -0.495 e. The maximum atomic E-state index is 14.0. The Morgan fingerprint density at radius 1 is 1.10 bits per heavy atom. The number of aryl methyl sites for hydroxylation is 1. The monoisotopic (exact) mass is 597 g/mol. The Morgan fingerprint density at radius 3 is 2.38 bits per heavy atom. The number of rotatable bonds is 11. The van der Waals surface area contributed by atoms with Gasteiger partial charge in [-0.15, -0.1) is 0 Å². The smallest absolute Gasteiger partial charge is 0.244 e. The number of carbonyl (C=O) groups excluding carboxylic acids is 2. The van der Waals surface area contributed by atoms with Crippen LogP contribution in [0.25, 0.3) is 0 Å². The van der Waals surface area contributed by atoms with Crippen molar-refractivity contribution in [2.75, 3.05) is 24.2 Å². The molecule has 39 heavy (non-hydrogen) atoms. The van der Waals surface area contributed by atoms with Crippen molar-refractivity contribution in [3.63, 3.8) is 0 Å². The van der Waals surface area contributed by atoms with E-state index in [1.807, 2.05) is 13.8 Å². The summed E-state index contributed by atoms with van der Waals surface area (Å²) < 4.78 is 32.3. The maximum absolute atomic E-state index is 14.0. The van der Waals surface area contributed by atoms with E-state index in [2.05, 4.69) is 5.32 Å². The van der Waals surface area contributed by atoms with Gasteiger partial charge in [-0.3, -0.25) is 13.9 Å². The van der Waals surface area contributed by atoms with Crippen LogP contribution in [-0.2, 0) is 26.2 Å². The molecule has 0 aromatic heterocycles. The van der Waals surface area contributed by atoms with Crippen molar-refractivity contribution in [3.8, 4) is 5.75 Å². The fraction of sp³-hybridized carbons (Fsp3) is 0.500. The third-order valence-corrected chi connectivity index (χ3v) is 8.69. The van der Waals surface area contributed by atoms with Gasteiger partial charge in [0.05, 0.1) is 19.1 Å². The molecule has 0 bridgehead atoms. The normalized spacial score (nSPS) is 14.9. The number of benzene rings is 2. The summed E-state index contributed by atoms with van der Waals surface area (Å²) in [5.41, 5.74) is 1.64. The topological polar surface area (TPSA) is 96.0 Å². The van der Waals surface area contributed by atoms with Crippen LogP contribution in [0, 0.1) is 6.92 Å². The van der Waals surface area contributed by atoms with Crippen LogP contribution in [0.4, 0.5) is 5.69 Å². The van der Waals surface area contributed by atoms with E-state index in [1.54, 1.807) is 36.4 Å². The van der Waals surface area contributed by atoms with Crippen molar-refractivity contribution < 1.29 is 22.7 Å². The van der Waals surface area contributed by atoms with Gasteiger partial charge in [0.15, 0.2) is 0 Å². The Bertz CT molecular complexity index is 1280. The molecule has 2 aromatic carbocycles. The number of anilines is 1. The molecule has 1 atom stereocenters. The number of nitrogens with one attached hydrogen (secondary N) is 1. The number of hydrogen-bond acceptors (Lipinski definition) is 5. The molecule has 0 aliphatic heterocycles. The second-order valence-corrected chi connectivity index (χ2v) is 12.7. The van der Waals surface area contributed by atoms with Crippen molar-refractivity contribution >= 4 is 50.7 Å². The largest absolute Gasteiger partial charge is 0.495 e. The van der Waals surface area contributed by atoms with Gasteiger partial charge in [-0.25, -0.2) is 8.42 Å². The summed E-state index contributed by atoms with van der Waals surface area (Å²) in [5.74, 6) is -0.490. The number of halogens is 2. The van der Waals surface area contributed by atoms with Gasteiger partial charge in [-0.05, 0) is 61.6 Å². The van der Waals surface area contributed by atoms with Gasteiger partial charge < -0.3 is 15.0 Å². The van der Waals surface area contributed by atoms with Crippen LogP contribution in [0.1, 0.15) is 56.6 Å². The number of nitrogens with zero attached hydrogens (tertiary/aromatic N) is 2. The Morgan fingerprint density at radius 2 is 1.79 bits per heavy atom. The van der Waals surface area contributed by atoms with Crippen LogP contribution in [0.2, 0.25) is 10.0 Å². The summed E-state index contributed by atoms with van der Waals surface area (Å²) in [5, 5.41) is 3.91. The predicted octanol–water partition coefficient (Wildman–Crippen LogP) is 5.33. The number of hydrogen-bond donors (Lipinski definition) is 1. The molecule has 1 aliphatic carbocycles. The van der Waals surface area contributed by atoms with Crippen molar-refractivity contribution in [2.45, 2.75) is 71.0 Å². The van der Waals surface area contributed by atoms with E-state index in [4.69, 9.17) is 27.9 Å². The average Bonchev–Trinajstić information content (AvgIpc) is 2.88. The highest BCUT2D eigenvalue weighted by atomic mass is 35.5. The number of methoxy groups -OCH3 is 1. The molecule has 2 aromatic rings. The van der Waals surface area contributed by atoms with Gasteiger partial charge >= 0.3 is 0 Å². The summed E-state index contributed by atoms with van der Waals surface area (Å²) in [6, 6.07) is 9.27. The van der Waals surface area contributed by atoms with Gasteiger partial charge in [0.25, 0.3) is 0 Å². The molecule has 0 heterocycles. The lowest BCUT2D eigenvalue weighted by Gasteiger charge is -2.34. The van der Waals surface area contributed by atoms with Crippen LogP contribution in [-0.4, -0.2) is 57.1 Å². The first-order valence-corrected chi connectivity index (χ1v) is 15.7. The van der Waals surface area contributed by atoms with E-state index < -0.39 is 28.5 Å². The van der Waals surface area contributed by atoms with Gasteiger partial charge in [-0.1, -0.05) is 61.5 Å². The molecular formula is C28H37Cl2N3O5S. The third-order valence-electron chi connectivity index (χ3n) is 6.98. The molecule has 0 radical (unpaired) electrons. The van der Waals surface area contributed by atoms with Crippen molar-refractivity contribution in [2.24, 2.45) is 0 Å². The highest BCUT2D eigenvalue weighted by molar-refractivity contribution is 7.92. The average molecular weight is 599 g/mol. The fourth-order valence-corrected chi connectivity index (χ4v) is 6.20. The standard InChI is InChI=1S/C28H37Cl2N3O5S/c1-5-24(28(35)31-22-9-7-6-8-10-22)32(17-20-12-13-21(29)16-23(20)30)27(34)18-33(39(4,36)37)25-15-19(2)11-14-26(25)38-3/h11-16,22,24H,5-10,17-18H2,1-4H3,(H,31,35)/t24-/m0/s1. The molecule has 0 saturated heterocycles. The summed E-state index contributed by atoms with van der Waals surface area (Å²) in [6.07, 6.45) is 6.41. The van der Waals surface area contributed by atoms with Gasteiger partial charge in [0.2, 0.25) is 21.8 Å². The zero-order valence-electron chi connectivity index (χ0n) is 22.9. The lowest BCUT2D eigenvalue weighted by Crippen LogP contribution is -2.54. The second-order valence-electron chi connectivity index (χ2n) is 9.97. The molecule has 214 valence electrons. The minimum absolute atomic E-state index is 0.00792. The first-order chi connectivity index (χ1) is 18.4. The number of ether oxygens (including phenoxy) is 1. The van der Waals surface area contributed by atoms with E-state index >= 15 is 0 Å². The van der Waals surface area contributed by atoms with Crippen molar-refractivity contribution in [1.82, 2.24) is 10.2 Å². The van der Waals surface area contributed by atoms with E-state index in [0.29, 0.717) is 27.8 Å². The number of amides is 2. The molecule has 0 spiro atoms. The minimum atomic E-state index is -3.90. The lowest BCUT2D eigenvalue weighted by molar-refractivity contribution is -0.140. The van der Waals surface area contributed by atoms with E-state index in [0.717, 1.165) is 48.2 Å². The van der Waals surface area contributed by atoms with Crippen molar-refractivity contribution in [3.05, 3.63) is 57.6 Å². The molecule has 8 nitrogen and oxygen atoms in total. The van der Waals surface area contributed by atoms with Gasteiger partial charge in [-0.2, -0.15) is 0 Å². The van der Waals surface area contributed by atoms with Crippen LogP contribution >= 0.6 is 23.2 Å². The first kappa shape index (κ1) is 31.0. The molecule has 1 aliphatic rings. The molecule has 1 saturated carbocycles. The zero-order valence-corrected chi connectivity index (χ0v) is 25.2. The number of sulfonamides is 1. The highest BCUT2D eigenvalue weighted by Crippen LogP contribution is 2.32. The Labute approximate surface area is 241 Å². The SMILES string of the molecule is CC[C@@H](C(=O)NC1CCCCC1)N(Cc1ccc(Cl)cc1Cl)C(=O)CN(c1cc(C)ccc1OC)S(C)(=O)=O. The molecule has 1 N–H and O–H groups in total. The van der Waals surface area contributed by atoms with Crippen LogP contribution in [0.15, 0.2) is 36.4 Å². The Hall–Kier alpha value is -2.49. The molecule has 11 heteroatoms. The molecule has 2 amide bonds. The summed E-state index contributed by atoms with van der Waals surface area (Å²) >= 11 is 12.5. The number of carbonyl (C=O) groups is 2. The van der Waals surface area contributed by atoms with Crippen LogP contribution in [0.5, 0.6) is 5.75 Å². The van der Waals surface area contributed by atoms with Crippen LogP contribution < -0.4 is 14.4 Å². The molecule has 3 rings (SSSR count). The lowest BCUT2D eigenvalue weighted by atomic mass is 9.95. The maximum Gasteiger partial charge on any atom is 0.244 e. The zero-order chi connectivity index (χ0) is 28.7. The van der Waals surface area contributed by atoms with Gasteiger partial charge in [0, 0.05) is 22.6 Å². The van der Waals surface area contributed by atoms with Crippen LogP contribution in [0.3, 0.4) is 0 Å². The Kier molecular flexibility index (Phi) is 10.9. The van der Waals surface area contributed by atoms with Gasteiger partial charge in [0.1, 0.15) is 18.3 Å². The summed E-state index contributed by atoms with van der Waals surface area (Å²) in [4.78, 5) is 28.9. The molecule has 0 unspecified atom stereocenters. The fourth-order valence-electron chi connectivity index (χ4n) is 4.89. The predicted molar refractivity (Wildman–Crippen MR) is 156 cm³/mol. The quantitative estimate of drug-likeness (QED) is 0.377. The highest BCUT2D eigenvalue weighted by Gasteiger charge is 2.34. The summed E-state index contributed by atoms with van der Waals surface area (Å²) in [7, 11) is -2.46. The van der Waals surface area contributed by atoms with E-state index in [-0.39, 0.29) is 24.2 Å². The van der Waals surface area contributed by atoms with E-state index in [1.165, 1.54) is 12.0 Å².